The van der Waals surface area contributed by atoms with Crippen molar-refractivity contribution in [3.05, 3.63) is 75.5 Å². The summed E-state index contributed by atoms with van der Waals surface area (Å²) in [5.74, 6) is 1.73. The molecule has 4 rings (SSSR count). The van der Waals surface area contributed by atoms with E-state index in [1.807, 2.05) is 24.3 Å². The minimum absolute atomic E-state index is 0.204. The van der Waals surface area contributed by atoms with Gasteiger partial charge in [0, 0.05) is 16.6 Å². The van der Waals surface area contributed by atoms with E-state index in [0.29, 0.717) is 22.3 Å². The molecule has 0 N–H and O–H groups in total. The smallest absolute Gasteiger partial charge is 0.231 e. The lowest BCUT2D eigenvalue weighted by atomic mass is 10.0. The van der Waals surface area contributed by atoms with E-state index < -0.39 is 0 Å². The molecule has 4 nitrogen and oxygen atoms in total. The van der Waals surface area contributed by atoms with Crippen LogP contribution in [0.2, 0.25) is 0 Å². The lowest BCUT2D eigenvalue weighted by Gasteiger charge is -2.07. The summed E-state index contributed by atoms with van der Waals surface area (Å²) in [4.78, 5) is 26.1. The number of fused-ring (bicyclic) bond motifs is 1. The van der Waals surface area contributed by atoms with Gasteiger partial charge in [-0.25, -0.2) is 0 Å². The highest BCUT2D eigenvalue weighted by atomic mass is 32.2. The summed E-state index contributed by atoms with van der Waals surface area (Å²) in [5.41, 5.74) is 1.59. The van der Waals surface area contributed by atoms with Crippen LogP contribution in [-0.4, -0.2) is 29.4 Å². The topological polar surface area (TPSA) is 52.6 Å². The number of allylic oxidation sites excluding steroid dienone is 2. The van der Waals surface area contributed by atoms with Crippen molar-refractivity contribution in [2.75, 3.05) is 12.5 Å². The normalized spacial score (nSPS) is 19.8. The van der Waals surface area contributed by atoms with E-state index in [0.717, 1.165) is 15.6 Å². The number of hydrogen-bond acceptors (Lipinski definition) is 6. The number of rotatable bonds is 5. The maximum absolute atomic E-state index is 13.1. The number of Topliss-reactive ketones (excluding diaryl/α,β-unsaturated/α-hetero) is 1. The predicted molar refractivity (Wildman–Crippen MR) is 114 cm³/mol. The molecule has 2 heterocycles. The van der Waals surface area contributed by atoms with Gasteiger partial charge in [0.05, 0.1) is 9.81 Å². The summed E-state index contributed by atoms with van der Waals surface area (Å²) >= 11 is 3.17. The molecule has 142 valence electrons. The van der Waals surface area contributed by atoms with E-state index in [2.05, 4.69) is 6.92 Å². The predicted octanol–water partition coefficient (Wildman–Crippen LogP) is 4.96. The SMILES string of the molecule is C[C@@H]1CS/C(=C(/C(=O)/C=C/c2ccc3c(c2)OCO3)C(=O)c2ccccc2)S1. The monoisotopic (exact) mass is 410 g/mol. The zero-order chi connectivity index (χ0) is 19.5. The van der Waals surface area contributed by atoms with Crippen molar-refractivity contribution in [1.29, 1.82) is 0 Å². The Bertz CT molecular complexity index is 979. The molecule has 1 atom stereocenters. The van der Waals surface area contributed by atoms with Crippen molar-refractivity contribution in [3.8, 4) is 11.5 Å². The lowest BCUT2D eigenvalue weighted by Crippen LogP contribution is -2.12. The number of hydrogen-bond donors (Lipinski definition) is 0. The van der Waals surface area contributed by atoms with Gasteiger partial charge in [-0.15, -0.1) is 23.5 Å². The van der Waals surface area contributed by atoms with Gasteiger partial charge in [0.15, 0.2) is 23.1 Å². The number of carbonyl (C=O) groups excluding carboxylic acids is 2. The van der Waals surface area contributed by atoms with Gasteiger partial charge < -0.3 is 9.47 Å². The molecule has 28 heavy (non-hydrogen) atoms. The van der Waals surface area contributed by atoms with E-state index in [4.69, 9.17) is 9.47 Å². The van der Waals surface area contributed by atoms with Crippen LogP contribution in [0.5, 0.6) is 11.5 Å². The van der Waals surface area contributed by atoms with Gasteiger partial charge in [-0.1, -0.05) is 49.4 Å². The van der Waals surface area contributed by atoms with Crippen LogP contribution in [0.4, 0.5) is 0 Å². The Hall–Kier alpha value is -2.44. The zero-order valence-corrected chi connectivity index (χ0v) is 16.8. The number of ether oxygens (including phenoxy) is 2. The van der Waals surface area contributed by atoms with E-state index in [1.165, 1.54) is 6.08 Å². The third-order valence-electron chi connectivity index (χ3n) is 4.29. The number of thioether (sulfide) groups is 2. The van der Waals surface area contributed by atoms with Crippen molar-refractivity contribution < 1.29 is 19.1 Å². The van der Waals surface area contributed by atoms with Crippen LogP contribution in [0.25, 0.3) is 6.08 Å². The Morgan fingerprint density at radius 1 is 1.07 bits per heavy atom. The van der Waals surface area contributed by atoms with Crippen LogP contribution in [-0.2, 0) is 4.79 Å². The third-order valence-corrected chi connectivity index (χ3v) is 7.27. The molecule has 0 radical (unpaired) electrons. The third kappa shape index (κ3) is 4.03. The van der Waals surface area contributed by atoms with Gasteiger partial charge >= 0.3 is 0 Å². The minimum atomic E-state index is -0.282. The molecule has 0 amide bonds. The molecule has 0 aliphatic carbocycles. The van der Waals surface area contributed by atoms with Gasteiger partial charge in [-0.2, -0.15) is 0 Å². The maximum atomic E-state index is 13.1. The van der Waals surface area contributed by atoms with E-state index >= 15 is 0 Å². The summed E-state index contributed by atoms with van der Waals surface area (Å²) in [6.45, 7) is 2.30. The second-order valence-corrected chi connectivity index (χ2v) is 9.14. The first-order chi connectivity index (χ1) is 13.6. The molecule has 0 aromatic heterocycles. The Kier molecular flexibility index (Phi) is 5.59. The van der Waals surface area contributed by atoms with Crippen LogP contribution in [0.15, 0.2) is 64.4 Å². The molecule has 6 heteroatoms. The minimum Gasteiger partial charge on any atom is -0.454 e. The first-order valence-corrected chi connectivity index (χ1v) is 10.7. The molecule has 2 aliphatic rings. The average molecular weight is 411 g/mol. The molecule has 2 aromatic carbocycles. The van der Waals surface area contributed by atoms with Crippen LogP contribution < -0.4 is 9.47 Å². The zero-order valence-electron chi connectivity index (χ0n) is 15.2. The Labute approximate surface area is 172 Å². The number of carbonyl (C=O) groups is 2. The van der Waals surface area contributed by atoms with Crippen LogP contribution in [0.1, 0.15) is 22.8 Å². The van der Waals surface area contributed by atoms with E-state index in [1.54, 1.807) is 53.9 Å². The highest BCUT2D eigenvalue weighted by Crippen LogP contribution is 2.44. The van der Waals surface area contributed by atoms with Crippen LogP contribution in [0.3, 0.4) is 0 Å². The largest absolute Gasteiger partial charge is 0.454 e. The second kappa shape index (κ2) is 8.29. The van der Waals surface area contributed by atoms with Gasteiger partial charge in [0.25, 0.3) is 0 Å². The Balaban J connectivity index is 1.63. The average Bonchev–Trinajstić information content (AvgIpc) is 3.35. The molecular weight excluding hydrogens is 392 g/mol. The summed E-state index contributed by atoms with van der Waals surface area (Å²) in [6.07, 6.45) is 3.17. The standard InChI is InChI=1S/C22H18O4S2/c1-14-12-27-22(28-14)20(21(24)16-5-3-2-4-6-16)17(23)9-7-15-8-10-18-19(11-15)26-13-25-18/h2-11,14H,12-13H2,1H3/b9-7+,22-20+/t14-/m1/s1. The molecule has 0 bridgehead atoms. The molecule has 2 aromatic rings. The van der Waals surface area contributed by atoms with Crippen molar-refractivity contribution in [1.82, 2.24) is 0 Å². The fraction of sp³-hybridized carbons (Fsp3) is 0.182. The lowest BCUT2D eigenvalue weighted by molar-refractivity contribution is -0.111. The highest BCUT2D eigenvalue weighted by Gasteiger charge is 2.28. The summed E-state index contributed by atoms with van der Waals surface area (Å²) in [7, 11) is 0. The highest BCUT2D eigenvalue weighted by molar-refractivity contribution is 8.25. The fourth-order valence-corrected chi connectivity index (χ4v) is 5.73. The van der Waals surface area contributed by atoms with Crippen molar-refractivity contribution >= 4 is 41.2 Å². The van der Waals surface area contributed by atoms with Gasteiger partial charge in [0.1, 0.15) is 0 Å². The first-order valence-electron chi connectivity index (χ1n) is 8.87. The van der Waals surface area contributed by atoms with E-state index in [9.17, 15) is 9.59 Å². The van der Waals surface area contributed by atoms with Crippen molar-refractivity contribution in [2.45, 2.75) is 12.2 Å². The molecular formula is C22H18O4S2. The molecule has 1 fully saturated rings. The maximum Gasteiger partial charge on any atom is 0.231 e. The number of ketones is 2. The summed E-state index contributed by atoms with van der Waals surface area (Å²) < 4.78 is 11.5. The molecule has 0 spiro atoms. The van der Waals surface area contributed by atoms with Crippen LogP contribution in [0, 0.1) is 0 Å². The van der Waals surface area contributed by atoms with Gasteiger partial charge in [-0.05, 0) is 23.8 Å². The molecule has 1 saturated heterocycles. The van der Waals surface area contributed by atoms with Gasteiger partial charge in [-0.3, -0.25) is 9.59 Å². The first kappa shape index (κ1) is 18.9. The summed E-state index contributed by atoms with van der Waals surface area (Å²) in [6, 6.07) is 14.4. The Morgan fingerprint density at radius 2 is 1.86 bits per heavy atom. The van der Waals surface area contributed by atoms with Gasteiger partial charge in [0.2, 0.25) is 6.79 Å². The van der Waals surface area contributed by atoms with Crippen LogP contribution >= 0.6 is 23.5 Å². The molecule has 0 saturated carbocycles. The fourth-order valence-electron chi connectivity index (χ4n) is 2.89. The molecule has 0 unspecified atom stereocenters. The second-order valence-electron chi connectivity index (χ2n) is 6.41. The summed E-state index contributed by atoms with van der Waals surface area (Å²) in [5, 5.41) is 0.379. The Morgan fingerprint density at radius 3 is 2.61 bits per heavy atom. The quantitative estimate of drug-likeness (QED) is 0.301. The molecule has 2 aliphatic heterocycles. The van der Waals surface area contributed by atoms with E-state index in [-0.39, 0.29) is 23.9 Å². The van der Waals surface area contributed by atoms with Crippen molar-refractivity contribution in [2.24, 2.45) is 0 Å². The number of benzene rings is 2. The van der Waals surface area contributed by atoms with Crippen molar-refractivity contribution in [3.63, 3.8) is 0 Å².